The second-order valence-corrected chi connectivity index (χ2v) is 8.55. The van der Waals surface area contributed by atoms with Gasteiger partial charge < -0.3 is 4.74 Å². The van der Waals surface area contributed by atoms with Gasteiger partial charge in [-0.25, -0.2) is 14.8 Å². The summed E-state index contributed by atoms with van der Waals surface area (Å²) >= 11 is 1.62. The zero-order chi connectivity index (χ0) is 22.1. The van der Waals surface area contributed by atoms with Crippen LogP contribution in [0.4, 0.5) is 0 Å². The molecule has 0 aliphatic carbocycles. The van der Waals surface area contributed by atoms with E-state index < -0.39 is 5.97 Å². The van der Waals surface area contributed by atoms with Gasteiger partial charge in [0.15, 0.2) is 0 Å². The van der Waals surface area contributed by atoms with Crippen molar-refractivity contribution in [2.24, 2.45) is 0 Å². The van der Waals surface area contributed by atoms with Crippen LogP contribution in [0.25, 0.3) is 15.9 Å². The summed E-state index contributed by atoms with van der Waals surface area (Å²) < 4.78 is 8.16. The molecule has 0 saturated heterocycles. The molecule has 5 rings (SSSR count). The van der Waals surface area contributed by atoms with Crippen molar-refractivity contribution in [1.82, 2.24) is 14.4 Å². The third-order valence-electron chi connectivity index (χ3n) is 5.20. The van der Waals surface area contributed by atoms with Crippen LogP contribution in [-0.4, -0.2) is 20.3 Å². The SMILES string of the molecule is Cc1cccc2nc(COC(=O)c3ccccc3Cc3nc4ccccc4s3)cc(=O)n12. The second-order valence-electron chi connectivity index (χ2n) is 7.43. The van der Waals surface area contributed by atoms with E-state index in [2.05, 4.69) is 9.97 Å². The number of nitrogens with zero attached hydrogens (tertiary/aromatic N) is 3. The van der Waals surface area contributed by atoms with E-state index in [1.165, 1.54) is 10.5 Å². The number of carbonyl (C=O) groups excluding carboxylic acids is 1. The Labute approximate surface area is 187 Å². The lowest BCUT2D eigenvalue weighted by atomic mass is 10.1. The first-order valence-corrected chi connectivity index (χ1v) is 11.0. The van der Waals surface area contributed by atoms with Crippen molar-refractivity contribution in [2.75, 3.05) is 0 Å². The maximum atomic E-state index is 12.9. The van der Waals surface area contributed by atoms with E-state index in [0.29, 0.717) is 23.3 Å². The Morgan fingerprint density at radius 2 is 1.81 bits per heavy atom. The lowest BCUT2D eigenvalue weighted by Crippen LogP contribution is -2.18. The molecular formula is C25H19N3O3S. The molecule has 3 aromatic heterocycles. The van der Waals surface area contributed by atoms with Crippen LogP contribution in [0.5, 0.6) is 0 Å². The first kappa shape index (κ1) is 20.1. The maximum absolute atomic E-state index is 12.9. The van der Waals surface area contributed by atoms with Crippen LogP contribution >= 0.6 is 11.3 Å². The van der Waals surface area contributed by atoms with Gasteiger partial charge in [-0.3, -0.25) is 9.20 Å². The van der Waals surface area contributed by atoms with E-state index in [4.69, 9.17) is 4.74 Å². The molecule has 2 aromatic carbocycles. The molecule has 3 heterocycles. The molecule has 7 heteroatoms. The fourth-order valence-electron chi connectivity index (χ4n) is 3.69. The summed E-state index contributed by atoms with van der Waals surface area (Å²) in [5.74, 6) is -0.451. The zero-order valence-corrected chi connectivity index (χ0v) is 18.1. The quantitative estimate of drug-likeness (QED) is 0.374. The number of aryl methyl sites for hydroxylation is 1. The predicted octanol–water partition coefficient (Wildman–Crippen LogP) is 4.56. The Morgan fingerprint density at radius 3 is 2.69 bits per heavy atom. The molecule has 0 amide bonds. The highest BCUT2D eigenvalue weighted by molar-refractivity contribution is 7.18. The summed E-state index contributed by atoms with van der Waals surface area (Å²) in [6.45, 7) is 1.77. The van der Waals surface area contributed by atoms with Gasteiger partial charge in [-0.2, -0.15) is 0 Å². The smallest absolute Gasteiger partial charge is 0.338 e. The highest BCUT2D eigenvalue weighted by atomic mass is 32.1. The molecular weight excluding hydrogens is 422 g/mol. The number of thiazole rings is 1. The zero-order valence-electron chi connectivity index (χ0n) is 17.3. The van der Waals surface area contributed by atoms with Crippen LogP contribution in [0.2, 0.25) is 0 Å². The summed E-state index contributed by atoms with van der Waals surface area (Å²) in [6, 6.07) is 22.2. The molecule has 0 spiro atoms. The van der Waals surface area contributed by atoms with Crippen LogP contribution in [0.15, 0.2) is 77.6 Å². The van der Waals surface area contributed by atoms with E-state index in [1.54, 1.807) is 23.5 Å². The molecule has 0 fully saturated rings. The van der Waals surface area contributed by atoms with E-state index >= 15 is 0 Å². The van der Waals surface area contributed by atoms with Crippen molar-refractivity contribution in [3.05, 3.63) is 111 Å². The van der Waals surface area contributed by atoms with Crippen LogP contribution in [0, 0.1) is 6.92 Å². The topological polar surface area (TPSA) is 73.6 Å². The van der Waals surface area contributed by atoms with Crippen molar-refractivity contribution < 1.29 is 9.53 Å². The van der Waals surface area contributed by atoms with E-state index in [9.17, 15) is 9.59 Å². The molecule has 0 saturated carbocycles. The van der Waals surface area contributed by atoms with Crippen molar-refractivity contribution in [3.63, 3.8) is 0 Å². The minimum absolute atomic E-state index is 0.0754. The Balaban J connectivity index is 1.36. The fourth-order valence-corrected chi connectivity index (χ4v) is 4.68. The number of para-hydroxylation sites is 1. The number of esters is 1. The summed E-state index contributed by atoms with van der Waals surface area (Å²) in [5, 5.41) is 0.936. The molecule has 5 aromatic rings. The van der Waals surface area contributed by atoms with Crippen molar-refractivity contribution >= 4 is 33.2 Å². The Kier molecular flexibility index (Phi) is 5.25. The van der Waals surface area contributed by atoms with Crippen LogP contribution in [0.1, 0.15) is 32.3 Å². The van der Waals surface area contributed by atoms with E-state index in [-0.39, 0.29) is 12.2 Å². The molecule has 6 nitrogen and oxygen atoms in total. The van der Waals surface area contributed by atoms with Gasteiger partial charge in [0.25, 0.3) is 5.56 Å². The molecule has 158 valence electrons. The lowest BCUT2D eigenvalue weighted by molar-refractivity contribution is 0.0466. The second kappa shape index (κ2) is 8.36. The molecule has 0 aliphatic heterocycles. The van der Waals surface area contributed by atoms with Gasteiger partial charge in [0.1, 0.15) is 12.3 Å². The van der Waals surface area contributed by atoms with Gasteiger partial charge in [0, 0.05) is 18.2 Å². The largest absolute Gasteiger partial charge is 0.456 e. The van der Waals surface area contributed by atoms with Gasteiger partial charge in [-0.15, -0.1) is 11.3 Å². The third-order valence-corrected chi connectivity index (χ3v) is 6.24. The minimum Gasteiger partial charge on any atom is -0.456 e. The number of hydrogen-bond acceptors (Lipinski definition) is 6. The maximum Gasteiger partial charge on any atom is 0.338 e. The first-order chi connectivity index (χ1) is 15.6. The van der Waals surface area contributed by atoms with Gasteiger partial charge in [-0.1, -0.05) is 36.4 Å². The average Bonchev–Trinajstić information content (AvgIpc) is 3.20. The molecule has 0 radical (unpaired) electrons. The Morgan fingerprint density at radius 1 is 1.00 bits per heavy atom. The molecule has 0 unspecified atom stereocenters. The molecule has 0 aliphatic rings. The first-order valence-electron chi connectivity index (χ1n) is 10.2. The highest BCUT2D eigenvalue weighted by Gasteiger charge is 2.15. The third kappa shape index (κ3) is 3.90. The van der Waals surface area contributed by atoms with Crippen LogP contribution in [0.3, 0.4) is 0 Å². The van der Waals surface area contributed by atoms with Crippen molar-refractivity contribution in [2.45, 2.75) is 20.0 Å². The number of benzene rings is 2. The Hall–Kier alpha value is -3.84. The van der Waals surface area contributed by atoms with Crippen molar-refractivity contribution in [1.29, 1.82) is 0 Å². The summed E-state index contributed by atoms with van der Waals surface area (Å²) in [5.41, 5.74) is 3.83. The number of hydrogen-bond donors (Lipinski definition) is 0. The Bertz CT molecular complexity index is 1490. The lowest BCUT2D eigenvalue weighted by Gasteiger charge is -2.10. The highest BCUT2D eigenvalue weighted by Crippen LogP contribution is 2.25. The van der Waals surface area contributed by atoms with Gasteiger partial charge in [0.05, 0.1) is 26.5 Å². The number of fused-ring (bicyclic) bond motifs is 2. The van der Waals surface area contributed by atoms with E-state index in [0.717, 1.165) is 26.5 Å². The minimum atomic E-state index is -0.451. The fraction of sp³-hybridized carbons (Fsp3) is 0.120. The van der Waals surface area contributed by atoms with Crippen molar-refractivity contribution in [3.8, 4) is 0 Å². The number of aromatic nitrogens is 3. The van der Waals surface area contributed by atoms with Crippen LogP contribution < -0.4 is 5.56 Å². The molecule has 0 atom stereocenters. The standard InChI is InChI=1S/C25H19N3O3S/c1-16-7-6-12-22-26-18(14-24(29)28(16)22)15-31-25(30)19-9-3-2-8-17(19)13-23-27-20-10-4-5-11-21(20)32-23/h2-12,14H,13,15H2,1H3. The average molecular weight is 442 g/mol. The van der Waals surface area contributed by atoms with Gasteiger partial charge in [-0.05, 0) is 42.8 Å². The predicted molar refractivity (Wildman–Crippen MR) is 124 cm³/mol. The summed E-state index contributed by atoms with van der Waals surface area (Å²) in [6.07, 6.45) is 0.541. The number of pyridine rings is 1. The number of ether oxygens (including phenoxy) is 1. The molecule has 32 heavy (non-hydrogen) atoms. The molecule has 0 bridgehead atoms. The number of rotatable bonds is 5. The van der Waals surface area contributed by atoms with Crippen LogP contribution in [-0.2, 0) is 17.8 Å². The number of carbonyl (C=O) groups is 1. The van der Waals surface area contributed by atoms with E-state index in [1.807, 2.05) is 61.5 Å². The molecule has 0 N–H and O–H groups in total. The summed E-state index contributed by atoms with van der Waals surface area (Å²) in [7, 11) is 0. The van der Waals surface area contributed by atoms with Gasteiger partial charge in [0.2, 0.25) is 0 Å². The van der Waals surface area contributed by atoms with Gasteiger partial charge >= 0.3 is 5.97 Å². The monoisotopic (exact) mass is 441 g/mol. The normalized spacial score (nSPS) is 11.2. The summed E-state index contributed by atoms with van der Waals surface area (Å²) in [4.78, 5) is 34.4.